The van der Waals surface area contributed by atoms with E-state index in [4.69, 9.17) is 29.6 Å². The fourth-order valence-corrected chi connectivity index (χ4v) is 0.884. The summed E-state index contributed by atoms with van der Waals surface area (Å²) in [5.74, 6) is 0. The summed E-state index contributed by atoms with van der Waals surface area (Å²) in [5, 5.41) is 6.03. The molecule has 0 aromatic carbocycles. The van der Waals surface area contributed by atoms with E-state index in [1.165, 1.54) is 0 Å². The van der Waals surface area contributed by atoms with Gasteiger partial charge in [0.25, 0.3) is 0 Å². The summed E-state index contributed by atoms with van der Waals surface area (Å²) in [6, 6.07) is 0. The number of hydrogen-bond acceptors (Lipinski definition) is 3. The van der Waals surface area contributed by atoms with Crippen LogP contribution >= 0.6 is 23.8 Å². The van der Waals surface area contributed by atoms with Crippen molar-refractivity contribution in [2.45, 2.75) is 0 Å². The smallest absolute Gasteiger partial charge is 0.129 e. The maximum absolute atomic E-state index is 5.58. The van der Waals surface area contributed by atoms with E-state index in [1.807, 2.05) is 0 Å². The Morgan fingerprint density at radius 1 is 1.56 bits per heavy atom. The first kappa shape index (κ1) is 6.64. The zero-order chi connectivity index (χ0) is 6.85. The van der Waals surface area contributed by atoms with Crippen LogP contribution in [-0.2, 0) is 0 Å². The lowest BCUT2D eigenvalue weighted by molar-refractivity contribution is 0.765. The highest BCUT2D eigenvalue weighted by atomic mass is 35.5. The molecule has 0 saturated heterocycles. The van der Waals surface area contributed by atoms with Crippen molar-refractivity contribution in [3.63, 3.8) is 0 Å². The quantitative estimate of drug-likeness (QED) is 0.343. The highest BCUT2D eigenvalue weighted by Crippen LogP contribution is 2.03. The van der Waals surface area contributed by atoms with E-state index in [9.17, 15) is 0 Å². The van der Waals surface area contributed by atoms with Crippen molar-refractivity contribution in [1.82, 2.24) is 10.6 Å². The highest BCUT2D eigenvalue weighted by molar-refractivity contribution is 7.80. The first-order valence-corrected chi connectivity index (χ1v) is 3.18. The molecule has 0 saturated carbocycles. The lowest BCUT2D eigenvalue weighted by Crippen LogP contribution is -2.41. The zero-order valence-corrected chi connectivity index (χ0v) is 6.14. The summed E-state index contributed by atoms with van der Waals surface area (Å²) in [6.07, 6.45) is 0. The summed E-state index contributed by atoms with van der Waals surface area (Å²) in [4.78, 5) is 0.513. The molecule has 4 N–H and O–H groups in total. The zero-order valence-electron chi connectivity index (χ0n) is 4.57. The fourth-order valence-electron chi connectivity index (χ4n) is 0.492. The molecule has 0 atom stereocenters. The normalized spacial score (nSPS) is 19.0. The molecule has 0 radical (unpaired) electrons. The molecule has 0 fully saturated rings. The molecular formula is C4H6ClN3S. The minimum Gasteiger partial charge on any atom is -0.394 e. The van der Waals surface area contributed by atoms with E-state index in [1.54, 1.807) is 0 Å². The fraction of sp³-hybridized carbons (Fsp3) is 0.250. The Morgan fingerprint density at radius 2 is 2.22 bits per heavy atom. The molecule has 9 heavy (non-hydrogen) atoms. The van der Waals surface area contributed by atoms with Gasteiger partial charge in [-0.1, -0.05) is 23.8 Å². The molecule has 0 aromatic heterocycles. The van der Waals surface area contributed by atoms with Gasteiger partial charge in [-0.2, -0.15) is 0 Å². The van der Waals surface area contributed by atoms with Crippen LogP contribution in [0.5, 0.6) is 0 Å². The van der Waals surface area contributed by atoms with Crippen molar-refractivity contribution in [1.29, 1.82) is 0 Å². The third-order valence-electron chi connectivity index (χ3n) is 0.974. The van der Waals surface area contributed by atoms with E-state index in [-0.39, 0.29) is 0 Å². The lowest BCUT2D eigenvalue weighted by Gasteiger charge is -2.17. The van der Waals surface area contributed by atoms with Gasteiger partial charge in [0.15, 0.2) is 0 Å². The Bertz CT molecular complexity index is 177. The van der Waals surface area contributed by atoms with Crippen molar-refractivity contribution in [2.24, 2.45) is 5.73 Å². The van der Waals surface area contributed by atoms with Crippen molar-refractivity contribution in [2.75, 3.05) is 6.67 Å². The molecule has 1 aliphatic heterocycles. The molecule has 3 nitrogen and oxygen atoms in total. The second kappa shape index (κ2) is 2.41. The van der Waals surface area contributed by atoms with Gasteiger partial charge in [0.05, 0.1) is 6.67 Å². The molecular weight excluding hydrogens is 158 g/mol. The molecule has 0 aliphatic carbocycles. The van der Waals surface area contributed by atoms with Gasteiger partial charge in [-0.25, -0.2) is 0 Å². The van der Waals surface area contributed by atoms with Crippen molar-refractivity contribution in [3.05, 3.63) is 10.9 Å². The van der Waals surface area contributed by atoms with Crippen LogP contribution in [0.25, 0.3) is 0 Å². The van der Waals surface area contributed by atoms with Crippen molar-refractivity contribution >= 4 is 28.8 Å². The standard InChI is InChI=1S/C4H6ClN3S/c5-3-2(6)4(9)8-1-7-3/h7H,1,6H2,(H,8,9). The van der Waals surface area contributed by atoms with Gasteiger partial charge in [0.2, 0.25) is 0 Å². The topological polar surface area (TPSA) is 50.1 Å². The largest absolute Gasteiger partial charge is 0.394 e. The number of hydrogen-bond donors (Lipinski definition) is 3. The molecule has 0 spiro atoms. The van der Waals surface area contributed by atoms with Gasteiger partial charge >= 0.3 is 0 Å². The lowest BCUT2D eigenvalue weighted by atomic mass is 10.4. The predicted octanol–water partition coefficient (Wildman–Crippen LogP) is -0.169. The van der Waals surface area contributed by atoms with Crippen LogP contribution in [0.15, 0.2) is 10.9 Å². The summed E-state index contributed by atoms with van der Waals surface area (Å²) >= 11 is 10.4. The molecule has 0 bridgehead atoms. The van der Waals surface area contributed by atoms with E-state index >= 15 is 0 Å². The van der Waals surface area contributed by atoms with Gasteiger partial charge in [0, 0.05) is 0 Å². The van der Waals surface area contributed by atoms with Crippen molar-refractivity contribution in [3.8, 4) is 0 Å². The maximum Gasteiger partial charge on any atom is 0.129 e. The number of thiocarbonyl (C=S) groups is 1. The first-order chi connectivity index (χ1) is 4.22. The molecule has 0 unspecified atom stereocenters. The van der Waals surface area contributed by atoms with E-state index < -0.39 is 0 Å². The van der Waals surface area contributed by atoms with Gasteiger partial charge in [0.1, 0.15) is 15.8 Å². The van der Waals surface area contributed by atoms with Crippen LogP contribution in [0.4, 0.5) is 0 Å². The summed E-state index contributed by atoms with van der Waals surface area (Å²) in [7, 11) is 0. The van der Waals surface area contributed by atoms with Crippen LogP contribution in [0.1, 0.15) is 0 Å². The maximum atomic E-state index is 5.58. The van der Waals surface area contributed by atoms with Crippen LogP contribution in [-0.4, -0.2) is 11.7 Å². The van der Waals surface area contributed by atoms with Crippen LogP contribution < -0.4 is 16.4 Å². The van der Waals surface area contributed by atoms with Crippen LogP contribution in [0.3, 0.4) is 0 Å². The van der Waals surface area contributed by atoms with Gasteiger partial charge < -0.3 is 16.4 Å². The summed E-state index contributed by atoms with van der Waals surface area (Å²) in [5.41, 5.74) is 5.82. The minimum absolute atomic E-state index is 0.415. The summed E-state index contributed by atoms with van der Waals surface area (Å²) in [6.45, 7) is 0.554. The second-order valence-electron chi connectivity index (χ2n) is 1.59. The van der Waals surface area contributed by atoms with Crippen molar-refractivity contribution < 1.29 is 0 Å². The first-order valence-electron chi connectivity index (χ1n) is 2.39. The number of rotatable bonds is 0. The monoisotopic (exact) mass is 163 g/mol. The van der Waals surface area contributed by atoms with E-state index in [0.29, 0.717) is 22.5 Å². The molecule has 1 heterocycles. The third kappa shape index (κ3) is 1.25. The average Bonchev–Trinajstić information content (AvgIpc) is 1.83. The second-order valence-corrected chi connectivity index (χ2v) is 2.37. The van der Waals surface area contributed by atoms with Gasteiger partial charge in [-0.05, 0) is 0 Å². The van der Waals surface area contributed by atoms with E-state index in [0.717, 1.165) is 0 Å². The SMILES string of the molecule is NC1=C(Cl)NCNC1=S. The minimum atomic E-state index is 0.415. The number of halogens is 1. The van der Waals surface area contributed by atoms with Gasteiger partial charge in [-0.15, -0.1) is 0 Å². The molecule has 0 aromatic rings. The number of nitrogens with two attached hydrogens (primary N) is 1. The molecule has 50 valence electrons. The van der Waals surface area contributed by atoms with Crippen LogP contribution in [0, 0.1) is 0 Å². The van der Waals surface area contributed by atoms with Crippen LogP contribution in [0.2, 0.25) is 0 Å². The molecule has 1 aliphatic rings. The number of nitrogens with one attached hydrogen (secondary N) is 2. The Hall–Kier alpha value is -0.480. The Morgan fingerprint density at radius 3 is 2.67 bits per heavy atom. The molecule has 0 amide bonds. The Labute approximate surface area is 63.2 Å². The van der Waals surface area contributed by atoms with E-state index in [2.05, 4.69) is 10.6 Å². The molecule has 1 rings (SSSR count). The third-order valence-corrected chi connectivity index (χ3v) is 1.68. The Kier molecular flexibility index (Phi) is 1.78. The van der Waals surface area contributed by atoms with Gasteiger partial charge in [-0.3, -0.25) is 0 Å². The summed E-state index contributed by atoms with van der Waals surface area (Å²) < 4.78 is 0. The molecule has 5 heteroatoms. The predicted molar refractivity (Wildman–Crippen MR) is 40.8 cm³/mol. The Balaban J connectivity index is 2.84. The highest BCUT2D eigenvalue weighted by Gasteiger charge is 2.09. The average molecular weight is 164 g/mol.